The van der Waals surface area contributed by atoms with Crippen LogP contribution >= 0.6 is 0 Å². The van der Waals surface area contributed by atoms with E-state index in [4.69, 9.17) is 0 Å². The lowest BCUT2D eigenvalue weighted by atomic mass is 9.94. The molecule has 0 radical (unpaired) electrons. The molecule has 0 bridgehead atoms. The molecule has 32 heavy (non-hydrogen) atoms. The van der Waals surface area contributed by atoms with E-state index in [9.17, 15) is 13.2 Å². The first-order chi connectivity index (χ1) is 15.5. The molecular formula is C25H23F3N4. The molecular weight excluding hydrogens is 413 g/mol. The maximum absolute atomic E-state index is 13.4. The molecule has 1 N–H and O–H groups in total. The molecule has 0 spiro atoms. The SMILES string of the molecule is CCCC(CNc1ncnc2cc(-c3ncccc3C(F)(F)F)ccc12)c1ccccc1. The van der Waals surface area contributed by atoms with Crippen molar-refractivity contribution in [1.29, 1.82) is 0 Å². The van der Waals surface area contributed by atoms with Gasteiger partial charge in [-0.1, -0.05) is 49.7 Å². The Bertz CT molecular complexity index is 1190. The molecule has 164 valence electrons. The molecule has 0 amide bonds. The van der Waals surface area contributed by atoms with E-state index in [1.54, 1.807) is 18.2 Å². The number of pyridine rings is 1. The standard InChI is InChI=1S/C25H23F3N4/c1-2-7-19(17-8-4-3-5-9-17)15-30-24-20-12-11-18(14-22(20)31-16-32-24)23-21(25(26,27)28)10-6-13-29-23/h3-6,8-14,16,19H,2,7,15H2,1H3,(H,30,31,32). The second-order valence-corrected chi connectivity index (χ2v) is 7.63. The summed E-state index contributed by atoms with van der Waals surface area (Å²) in [5, 5.41) is 4.17. The third-order valence-electron chi connectivity index (χ3n) is 5.45. The molecule has 0 aliphatic rings. The van der Waals surface area contributed by atoms with Crippen LogP contribution in [0.5, 0.6) is 0 Å². The van der Waals surface area contributed by atoms with Crippen molar-refractivity contribution >= 4 is 16.7 Å². The highest BCUT2D eigenvalue weighted by Crippen LogP contribution is 2.36. The van der Waals surface area contributed by atoms with Crippen LogP contribution in [0.3, 0.4) is 0 Å². The lowest BCUT2D eigenvalue weighted by Crippen LogP contribution is -2.14. The largest absolute Gasteiger partial charge is 0.418 e. The molecule has 0 saturated carbocycles. The zero-order valence-corrected chi connectivity index (χ0v) is 17.6. The van der Waals surface area contributed by atoms with Gasteiger partial charge in [0, 0.05) is 29.6 Å². The van der Waals surface area contributed by atoms with Gasteiger partial charge in [-0.3, -0.25) is 4.98 Å². The van der Waals surface area contributed by atoms with Gasteiger partial charge in [0.25, 0.3) is 0 Å². The Kier molecular flexibility index (Phi) is 6.35. The van der Waals surface area contributed by atoms with Gasteiger partial charge in [-0.2, -0.15) is 13.2 Å². The molecule has 0 aliphatic heterocycles. The Morgan fingerprint density at radius 2 is 1.75 bits per heavy atom. The summed E-state index contributed by atoms with van der Waals surface area (Å²) in [6.45, 7) is 2.86. The Morgan fingerprint density at radius 1 is 0.938 bits per heavy atom. The quantitative estimate of drug-likeness (QED) is 0.350. The molecule has 2 heterocycles. The van der Waals surface area contributed by atoms with Gasteiger partial charge < -0.3 is 5.32 Å². The van der Waals surface area contributed by atoms with Crippen molar-refractivity contribution in [2.45, 2.75) is 31.9 Å². The molecule has 1 atom stereocenters. The zero-order valence-electron chi connectivity index (χ0n) is 17.6. The van der Waals surface area contributed by atoms with E-state index in [1.165, 1.54) is 24.2 Å². The van der Waals surface area contributed by atoms with Crippen LogP contribution in [-0.2, 0) is 6.18 Å². The molecule has 1 unspecified atom stereocenters. The Morgan fingerprint density at radius 3 is 2.50 bits per heavy atom. The fourth-order valence-corrected chi connectivity index (χ4v) is 3.89. The van der Waals surface area contributed by atoms with Crippen LogP contribution < -0.4 is 5.32 Å². The number of nitrogens with zero attached hydrogens (tertiary/aromatic N) is 3. The molecule has 4 nitrogen and oxygen atoms in total. The molecule has 0 saturated heterocycles. The predicted octanol–water partition coefficient (Wildman–Crippen LogP) is 6.71. The van der Waals surface area contributed by atoms with Gasteiger partial charge in [0.2, 0.25) is 0 Å². The molecule has 0 fully saturated rings. The topological polar surface area (TPSA) is 50.7 Å². The lowest BCUT2D eigenvalue weighted by Gasteiger charge is -2.18. The van der Waals surface area contributed by atoms with Crippen molar-refractivity contribution in [3.63, 3.8) is 0 Å². The summed E-state index contributed by atoms with van der Waals surface area (Å²) in [6, 6.07) is 17.7. The average molecular weight is 436 g/mol. The van der Waals surface area contributed by atoms with Gasteiger partial charge in [0.05, 0.1) is 16.8 Å². The van der Waals surface area contributed by atoms with Crippen LogP contribution in [0, 0.1) is 0 Å². The molecule has 4 rings (SSSR count). The summed E-state index contributed by atoms with van der Waals surface area (Å²) in [6.07, 6.45) is 0.390. The van der Waals surface area contributed by atoms with Gasteiger partial charge in [-0.05, 0) is 36.2 Å². The monoisotopic (exact) mass is 436 g/mol. The normalized spacial score (nSPS) is 12.6. The first-order valence-corrected chi connectivity index (χ1v) is 10.5. The number of fused-ring (bicyclic) bond motifs is 1. The van der Waals surface area contributed by atoms with E-state index in [1.807, 2.05) is 18.2 Å². The first-order valence-electron chi connectivity index (χ1n) is 10.5. The molecule has 7 heteroatoms. The van der Waals surface area contributed by atoms with E-state index in [2.05, 4.69) is 39.3 Å². The maximum Gasteiger partial charge on any atom is 0.418 e. The van der Waals surface area contributed by atoms with Crippen molar-refractivity contribution < 1.29 is 13.2 Å². The minimum absolute atomic E-state index is 0.109. The third kappa shape index (κ3) is 4.72. The number of hydrogen-bond acceptors (Lipinski definition) is 4. The minimum Gasteiger partial charge on any atom is -0.369 e. The van der Waals surface area contributed by atoms with Crippen LogP contribution in [0.15, 0.2) is 73.2 Å². The Balaban J connectivity index is 1.63. The summed E-state index contributed by atoms with van der Waals surface area (Å²) >= 11 is 0. The Hall–Kier alpha value is -3.48. The van der Waals surface area contributed by atoms with E-state index in [0.717, 1.165) is 24.3 Å². The minimum atomic E-state index is -4.48. The highest BCUT2D eigenvalue weighted by molar-refractivity contribution is 5.91. The summed E-state index contributed by atoms with van der Waals surface area (Å²) in [5.74, 6) is 0.990. The van der Waals surface area contributed by atoms with Gasteiger partial charge >= 0.3 is 6.18 Å². The van der Waals surface area contributed by atoms with Gasteiger partial charge in [0.1, 0.15) is 12.1 Å². The highest BCUT2D eigenvalue weighted by Gasteiger charge is 2.34. The number of nitrogens with one attached hydrogen (secondary N) is 1. The number of halogens is 3. The predicted molar refractivity (Wildman–Crippen MR) is 120 cm³/mol. The molecule has 2 aromatic heterocycles. The number of anilines is 1. The fourth-order valence-electron chi connectivity index (χ4n) is 3.89. The second kappa shape index (κ2) is 9.34. The number of benzene rings is 2. The van der Waals surface area contributed by atoms with Gasteiger partial charge in [-0.25, -0.2) is 9.97 Å². The summed E-state index contributed by atoms with van der Waals surface area (Å²) in [4.78, 5) is 12.6. The molecule has 0 aliphatic carbocycles. The summed E-state index contributed by atoms with van der Waals surface area (Å²) < 4.78 is 40.2. The van der Waals surface area contributed by atoms with Crippen LogP contribution in [0.25, 0.3) is 22.2 Å². The molecule has 4 aromatic rings. The van der Waals surface area contributed by atoms with Gasteiger partial charge in [0.15, 0.2) is 0 Å². The number of aromatic nitrogens is 3. The number of rotatable bonds is 7. The van der Waals surface area contributed by atoms with Crippen LogP contribution in [0.2, 0.25) is 0 Å². The Labute approximate surface area is 184 Å². The van der Waals surface area contributed by atoms with E-state index in [0.29, 0.717) is 29.4 Å². The highest BCUT2D eigenvalue weighted by atomic mass is 19.4. The van der Waals surface area contributed by atoms with E-state index >= 15 is 0 Å². The number of alkyl halides is 3. The van der Waals surface area contributed by atoms with Crippen molar-refractivity contribution in [3.05, 3.63) is 84.3 Å². The van der Waals surface area contributed by atoms with Crippen molar-refractivity contribution in [2.24, 2.45) is 0 Å². The van der Waals surface area contributed by atoms with Crippen molar-refractivity contribution in [2.75, 3.05) is 11.9 Å². The molecule has 2 aromatic carbocycles. The maximum atomic E-state index is 13.4. The first kappa shape index (κ1) is 21.7. The van der Waals surface area contributed by atoms with Crippen molar-refractivity contribution in [1.82, 2.24) is 15.0 Å². The fraction of sp³-hybridized carbons (Fsp3) is 0.240. The smallest absolute Gasteiger partial charge is 0.369 e. The summed E-state index contributed by atoms with van der Waals surface area (Å²) in [5.41, 5.74) is 1.31. The van der Waals surface area contributed by atoms with E-state index < -0.39 is 11.7 Å². The third-order valence-corrected chi connectivity index (χ3v) is 5.45. The van der Waals surface area contributed by atoms with Crippen LogP contribution in [0.1, 0.15) is 36.8 Å². The second-order valence-electron chi connectivity index (χ2n) is 7.63. The zero-order chi connectivity index (χ0) is 22.6. The van der Waals surface area contributed by atoms with Crippen molar-refractivity contribution in [3.8, 4) is 11.3 Å². The van der Waals surface area contributed by atoms with Crippen LogP contribution in [-0.4, -0.2) is 21.5 Å². The summed E-state index contributed by atoms with van der Waals surface area (Å²) in [7, 11) is 0. The van der Waals surface area contributed by atoms with E-state index in [-0.39, 0.29) is 5.69 Å². The lowest BCUT2D eigenvalue weighted by molar-refractivity contribution is -0.137. The van der Waals surface area contributed by atoms with Crippen LogP contribution in [0.4, 0.5) is 19.0 Å². The average Bonchev–Trinajstić information content (AvgIpc) is 2.81. The van der Waals surface area contributed by atoms with Gasteiger partial charge in [-0.15, -0.1) is 0 Å². The number of hydrogen-bond donors (Lipinski definition) is 1.